The summed E-state index contributed by atoms with van der Waals surface area (Å²) in [6.07, 6.45) is 2.05. The molecule has 0 saturated carbocycles. The number of benzene rings is 7. The number of hydrogen-bond acceptors (Lipinski definition) is 3. The minimum Gasteiger partial charge on any atom is -0.309 e. The quantitative estimate of drug-likeness (QED) is 0.186. The van der Waals surface area contributed by atoms with Gasteiger partial charge in [0.2, 0.25) is 0 Å². The van der Waals surface area contributed by atoms with Gasteiger partial charge in [-0.15, -0.1) is 11.3 Å². The summed E-state index contributed by atoms with van der Waals surface area (Å²) >= 11 is 1.81. The van der Waals surface area contributed by atoms with E-state index in [4.69, 9.17) is 4.98 Å². The molecular weight excluding hydrogens is 615 g/mol. The first-order valence-electron chi connectivity index (χ1n) is 16.5. The van der Waals surface area contributed by atoms with Gasteiger partial charge in [0.1, 0.15) is 5.82 Å². The normalized spacial score (nSPS) is 11.7. The second-order valence-electron chi connectivity index (χ2n) is 12.4. The molecule has 0 bridgehead atoms. The Hall–Kier alpha value is -6.23. The smallest absolute Gasteiger partial charge is 0.138 e. The summed E-state index contributed by atoms with van der Waals surface area (Å²) in [7, 11) is 0. The van der Waals surface area contributed by atoms with Crippen LogP contribution in [0.2, 0.25) is 0 Å². The number of nitrogens with zero attached hydrogens (tertiary/aromatic N) is 3. The van der Waals surface area contributed by atoms with E-state index in [0.29, 0.717) is 0 Å². The lowest BCUT2D eigenvalue weighted by atomic mass is 10.0. The van der Waals surface area contributed by atoms with Crippen LogP contribution in [0.15, 0.2) is 176 Å². The minimum atomic E-state index is 0.888. The molecule has 0 aliphatic heterocycles. The molecule has 0 aliphatic rings. The largest absolute Gasteiger partial charge is 0.309 e. The monoisotopic (exact) mass is 643 g/mol. The lowest BCUT2D eigenvalue weighted by Gasteiger charge is -2.25. The fraction of sp³-hybridized carbons (Fsp3) is 0. The van der Waals surface area contributed by atoms with Crippen LogP contribution in [0.5, 0.6) is 0 Å². The number of para-hydroxylation sites is 2. The van der Waals surface area contributed by atoms with Crippen molar-refractivity contribution in [3.05, 3.63) is 176 Å². The van der Waals surface area contributed by atoms with E-state index >= 15 is 0 Å². The van der Waals surface area contributed by atoms with E-state index in [9.17, 15) is 0 Å². The SMILES string of the molecule is c1ccc(-c2ccc(N(c3ccc4c(c3)c3ccccc3n4-c3ccccc3)c3cc4c(cn3)sc3ccc5ccccc5c34)cc2)cc1. The highest BCUT2D eigenvalue weighted by atomic mass is 32.1. The lowest BCUT2D eigenvalue weighted by Crippen LogP contribution is -2.11. The predicted octanol–water partition coefficient (Wildman–Crippen LogP) is 12.8. The van der Waals surface area contributed by atoms with Crippen LogP contribution >= 0.6 is 11.3 Å². The first-order valence-corrected chi connectivity index (χ1v) is 17.4. The zero-order valence-electron chi connectivity index (χ0n) is 26.5. The average molecular weight is 644 g/mol. The third kappa shape index (κ3) is 4.53. The highest BCUT2D eigenvalue weighted by Crippen LogP contribution is 2.43. The third-order valence-corrected chi connectivity index (χ3v) is 10.7. The number of pyridine rings is 1. The number of anilines is 3. The fourth-order valence-corrected chi connectivity index (χ4v) is 8.44. The van der Waals surface area contributed by atoms with Gasteiger partial charge in [0.05, 0.1) is 15.7 Å². The molecule has 0 atom stereocenters. The van der Waals surface area contributed by atoms with Gasteiger partial charge in [0.25, 0.3) is 0 Å². The van der Waals surface area contributed by atoms with Crippen molar-refractivity contribution >= 4 is 81.3 Å². The Kier molecular flexibility index (Phi) is 6.36. The third-order valence-electron chi connectivity index (χ3n) is 9.62. The van der Waals surface area contributed by atoms with Gasteiger partial charge in [-0.25, -0.2) is 4.98 Å². The van der Waals surface area contributed by atoms with E-state index in [-0.39, 0.29) is 0 Å². The molecular formula is C45H29N3S. The van der Waals surface area contributed by atoms with Gasteiger partial charge in [-0.2, -0.15) is 0 Å². The van der Waals surface area contributed by atoms with Crippen LogP contribution in [-0.4, -0.2) is 9.55 Å². The highest BCUT2D eigenvalue weighted by Gasteiger charge is 2.20. The molecule has 0 saturated heterocycles. The van der Waals surface area contributed by atoms with E-state index in [1.165, 1.54) is 63.9 Å². The van der Waals surface area contributed by atoms with Crippen LogP contribution < -0.4 is 4.90 Å². The zero-order valence-corrected chi connectivity index (χ0v) is 27.3. The standard InChI is InChI=1S/C45H29N3S/c1-3-11-30(12-4-1)31-19-22-34(23-20-31)47(44-28-39-43(29-46-44)49-42-26-21-32-13-7-8-16-36(32)45(39)42)35-24-25-41-38(27-35)37-17-9-10-18-40(37)48(41)33-14-5-2-6-15-33/h1-29H. The molecule has 4 heteroatoms. The van der Waals surface area contributed by atoms with Crippen LogP contribution in [0.1, 0.15) is 0 Å². The summed E-state index contributed by atoms with van der Waals surface area (Å²) in [6, 6.07) is 61.0. The Balaban J connectivity index is 1.21. The number of thiophene rings is 1. The van der Waals surface area contributed by atoms with Crippen LogP contribution in [0.4, 0.5) is 17.2 Å². The van der Waals surface area contributed by atoms with Crippen molar-refractivity contribution in [2.45, 2.75) is 0 Å². The lowest BCUT2D eigenvalue weighted by molar-refractivity contribution is 1.17. The number of fused-ring (bicyclic) bond motifs is 8. The zero-order chi connectivity index (χ0) is 32.3. The molecule has 49 heavy (non-hydrogen) atoms. The van der Waals surface area contributed by atoms with Gasteiger partial charge in [0.15, 0.2) is 0 Å². The molecule has 0 amide bonds. The van der Waals surface area contributed by atoms with Gasteiger partial charge < -0.3 is 4.57 Å². The molecule has 0 radical (unpaired) electrons. The maximum Gasteiger partial charge on any atom is 0.138 e. The summed E-state index contributed by atoms with van der Waals surface area (Å²) < 4.78 is 4.83. The van der Waals surface area contributed by atoms with Crippen molar-refractivity contribution in [2.24, 2.45) is 0 Å². The molecule has 0 fully saturated rings. The van der Waals surface area contributed by atoms with Crippen molar-refractivity contribution < 1.29 is 0 Å². The topological polar surface area (TPSA) is 21.1 Å². The van der Waals surface area contributed by atoms with E-state index in [1.54, 1.807) is 0 Å². The van der Waals surface area contributed by atoms with Crippen molar-refractivity contribution in [1.29, 1.82) is 0 Å². The van der Waals surface area contributed by atoms with E-state index in [0.717, 1.165) is 22.9 Å². The summed E-state index contributed by atoms with van der Waals surface area (Å²) in [5.74, 6) is 0.888. The Morgan fingerprint density at radius 3 is 1.98 bits per heavy atom. The van der Waals surface area contributed by atoms with E-state index in [2.05, 4.69) is 186 Å². The van der Waals surface area contributed by atoms with Crippen molar-refractivity contribution in [3.8, 4) is 16.8 Å². The Bertz CT molecular complexity index is 2820. The van der Waals surface area contributed by atoms with Gasteiger partial charge in [-0.3, -0.25) is 4.90 Å². The maximum absolute atomic E-state index is 5.14. The predicted molar refractivity (Wildman–Crippen MR) is 209 cm³/mol. The molecule has 3 aromatic heterocycles. The molecule has 230 valence electrons. The van der Waals surface area contributed by atoms with E-state index < -0.39 is 0 Å². The maximum atomic E-state index is 5.14. The summed E-state index contributed by atoms with van der Waals surface area (Å²) in [5.41, 5.74) is 8.02. The fourth-order valence-electron chi connectivity index (χ4n) is 7.37. The molecule has 10 rings (SSSR count). The molecule has 7 aromatic carbocycles. The molecule has 0 aliphatic carbocycles. The average Bonchev–Trinajstić information content (AvgIpc) is 3.71. The van der Waals surface area contributed by atoms with Gasteiger partial charge in [-0.1, -0.05) is 109 Å². The second kappa shape index (κ2) is 11.2. The van der Waals surface area contributed by atoms with Crippen LogP contribution in [0, 0.1) is 0 Å². The molecule has 3 nitrogen and oxygen atoms in total. The molecule has 0 spiro atoms. The number of hydrogen-bond donors (Lipinski definition) is 0. The highest BCUT2D eigenvalue weighted by molar-refractivity contribution is 7.26. The minimum absolute atomic E-state index is 0.888. The van der Waals surface area contributed by atoms with Crippen LogP contribution in [0.3, 0.4) is 0 Å². The Labute approximate surface area is 287 Å². The first-order chi connectivity index (χ1) is 24.3. The van der Waals surface area contributed by atoms with Gasteiger partial charge >= 0.3 is 0 Å². The van der Waals surface area contributed by atoms with Crippen molar-refractivity contribution in [2.75, 3.05) is 4.90 Å². The molecule has 0 unspecified atom stereocenters. The van der Waals surface area contributed by atoms with E-state index in [1.807, 2.05) is 11.3 Å². The summed E-state index contributed by atoms with van der Waals surface area (Å²) in [5, 5.41) is 7.48. The Morgan fingerprint density at radius 2 is 1.14 bits per heavy atom. The molecule has 10 aromatic rings. The van der Waals surface area contributed by atoms with Crippen LogP contribution in [-0.2, 0) is 0 Å². The van der Waals surface area contributed by atoms with Crippen molar-refractivity contribution in [1.82, 2.24) is 9.55 Å². The van der Waals surface area contributed by atoms with Gasteiger partial charge in [0, 0.05) is 49.5 Å². The van der Waals surface area contributed by atoms with Crippen molar-refractivity contribution in [3.63, 3.8) is 0 Å². The van der Waals surface area contributed by atoms with Gasteiger partial charge in [-0.05, 0) is 82.6 Å². The summed E-state index contributed by atoms with van der Waals surface area (Å²) in [4.78, 5) is 7.44. The molecule has 0 N–H and O–H groups in total. The first kappa shape index (κ1) is 27.8. The van der Waals surface area contributed by atoms with Crippen LogP contribution in [0.25, 0.3) is 69.6 Å². The Morgan fingerprint density at radius 1 is 0.469 bits per heavy atom. The number of rotatable bonds is 5. The second-order valence-corrected chi connectivity index (χ2v) is 13.5. The molecule has 3 heterocycles. The summed E-state index contributed by atoms with van der Waals surface area (Å²) in [6.45, 7) is 0. The number of aromatic nitrogens is 2.